The summed E-state index contributed by atoms with van der Waals surface area (Å²) in [5.41, 5.74) is 9.45. The summed E-state index contributed by atoms with van der Waals surface area (Å²) in [7, 11) is 1.85. The third-order valence-corrected chi connectivity index (χ3v) is 3.30. The van der Waals surface area contributed by atoms with Crippen molar-refractivity contribution in [3.8, 4) is 11.3 Å². The van der Waals surface area contributed by atoms with E-state index in [0.717, 1.165) is 16.8 Å². The molecule has 0 aliphatic rings. The second-order valence-electron chi connectivity index (χ2n) is 5.30. The molecule has 0 spiro atoms. The van der Waals surface area contributed by atoms with E-state index in [0.29, 0.717) is 16.9 Å². The monoisotopic (exact) mass is 359 g/mol. The molecule has 1 amide bonds. The van der Waals surface area contributed by atoms with Crippen LogP contribution in [0, 0.1) is 13.1 Å². The number of nitrogens with one attached hydrogen (secondary N) is 2. The quantitative estimate of drug-likeness (QED) is 0.318. The molecular weight excluding hydrogens is 343 g/mol. The SMILES string of the molecule is [CH2-]/C(=C\c1[c-][nH]c(-c2cnn(C)c2)c1)C(=O)Nc1cncc(N)c1.[K+]. The summed E-state index contributed by atoms with van der Waals surface area (Å²) in [5, 5.41) is 6.82. The number of nitrogens with two attached hydrogens (primary N) is 1. The van der Waals surface area contributed by atoms with Crippen molar-refractivity contribution in [1.82, 2.24) is 19.7 Å². The van der Waals surface area contributed by atoms with Crippen LogP contribution in [0.3, 0.4) is 0 Å². The molecule has 3 aromatic heterocycles. The van der Waals surface area contributed by atoms with E-state index < -0.39 is 0 Å². The number of hydrogen-bond acceptors (Lipinski definition) is 4. The molecular formula is C17H16KN6O-. The molecule has 0 aliphatic carbocycles. The predicted molar refractivity (Wildman–Crippen MR) is 92.4 cm³/mol. The maximum Gasteiger partial charge on any atom is 1.00 e. The average Bonchev–Trinajstić information content (AvgIpc) is 3.16. The molecule has 3 aromatic rings. The fraction of sp³-hybridized carbons (Fsp3) is 0.0588. The summed E-state index contributed by atoms with van der Waals surface area (Å²) >= 11 is 0. The molecule has 0 saturated heterocycles. The van der Waals surface area contributed by atoms with Gasteiger partial charge in [0.05, 0.1) is 11.4 Å². The van der Waals surface area contributed by atoms with Crippen LogP contribution in [0.15, 0.2) is 42.5 Å². The predicted octanol–water partition coefficient (Wildman–Crippen LogP) is -0.947. The summed E-state index contributed by atoms with van der Waals surface area (Å²) in [6.45, 7) is 3.79. The molecule has 0 bridgehead atoms. The van der Waals surface area contributed by atoms with Gasteiger partial charge < -0.3 is 20.8 Å². The molecule has 0 aromatic carbocycles. The third kappa shape index (κ3) is 5.07. The van der Waals surface area contributed by atoms with Crippen LogP contribution in [0.2, 0.25) is 0 Å². The molecule has 0 radical (unpaired) electrons. The van der Waals surface area contributed by atoms with Gasteiger partial charge >= 0.3 is 51.4 Å². The Hall–Kier alpha value is -1.84. The van der Waals surface area contributed by atoms with Crippen molar-refractivity contribution in [2.75, 3.05) is 11.1 Å². The third-order valence-electron chi connectivity index (χ3n) is 3.30. The Kier molecular flexibility index (Phi) is 6.62. The van der Waals surface area contributed by atoms with Crippen molar-refractivity contribution in [2.24, 2.45) is 7.05 Å². The zero-order valence-corrected chi connectivity index (χ0v) is 17.2. The van der Waals surface area contributed by atoms with Crippen molar-refractivity contribution >= 4 is 23.4 Å². The summed E-state index contributed by atoms with van der Waals surface area (Å²) in [6, 6.07) is 3.50. The van der Waals surface area contributed by atoms with Gasteiger partial charge in [0.25, 0.3) is 0 Å². The van der Waals surface area contributed by atoms with Gasteiger partial charge in [-0.3, -0.25) is 9.67 Å². The smallest absolute Gasteiger partial charge is 0.446 e. The molecule has 0 fully saturated rings. The van der Waals surface area contributed by atoms with Gasteiger partial charge in [-0.25, -0.2) is 0 Å². The second-order valence-corrected chi connectivity index (χ2v) is 5.30. The Morgan fingerprint density at radius 3 is 2.88 bits per heavy atom. The first-order valence-electron chi connectivity index (χ1n) is 7.16. The Balaban J connectivity index is 0.00000225. The van der Waals surface area contributed by atoms with Crippen LogP contribution in [0.25, 0.3) is 17.3 Å². The fourth-order valence-electron chi connectivity index (χ4n) is 2.15. The Bertz CT molecular complexity index is 911. The van der Waals surface area contributed by atoms with Crippen molar-refractivity contribution < 1.29 is 56.2 Å². The van der Waals surface area contributed by atoms with Crippen LogP contribution >= 0.6 is 0 Å². The van der Waals surface area contributed by atoms with Crippen LogP contribution in [-0.4, -0.2) is 25.7 Å². The van der Waals surface area contributed by atoms with Crippen LogP contribution in [-0.2, 0) is 11.8 Å². The maximum absolute atomic E-state index is 12.2. The first-order valence-corrected chi connectivity index (χ1v) is 7.16. The van der Waals surface area contributed by atoms with E-state index in [4.69, 9.17) is 5.73 Å². The molecule has 0 atom stereocenters. The van der Waals surface area contributed by atoms with E-state index >= 15 is 0 Å². The van der Waals surface area contributed by atoms with Crippen LogP contribution in [0.5, 0.6) is 0 Å². The number of rotatable bonds is 4. The van der Waals surface area contributed by atoms with E-state index in [-0.39, 0.29) is 57.3 Å². The first-order chi connectivity index (χ1) is 11.5. The van der Waals surface area contributed by atoms with Gasteiger partial charge in [-0.05, 0) is 11.6 Å². The van der Waals surface area contributed by atoms with Gasteiger partial charge in [0, 0.05) is 31.8 Å². The van der Waals surface area contributed by atoms with Gasteiger partial charge in [0.15, 0.2) is 0 Å². The topological polar surface area (TPSA) is 102 Å². The van der Waals surface area contributed by atoms with Gasteiger partial charge in [-0.2, -0.15) is 18.1 Å². The molecule has 0 unspecified atom stereocenters. The van der Waals surface area contributed by atoms with Crippen LogP contribution in [0.4, 0.5) is 11.4 Å². The number of pyridine rings is 1. The molecule has 7 nitrogen and oxygen atoms in total. The maximum atomic E-state index is 12.2. The van der Waals surface area contributed by atoms with E-state index in [9.17, 15) is 4.79 Å². The number of carbonyl (C=O) groups is 1. The molecule has 3 heterocycles. The molecule has 0 aliphatic heterocycles. The number of nitrogen functional groups attached to an aromatic ring is 1. The largest absolute Gasteiger partial charge is 1.00 e. The molecule has 0 saturated carbocycles. The number of hydrogen-bond donors (Lipinski definition) is 3. The Labute approximate surface area is 188 Å². The van der Waals surface area contributed by atoms with Crippen molar-refractivity contribution in [1.29, 1.82) is 0 Å². The average molecular weight is 359 g/mol. The minimum absolute atomic E-state index is 0. The van der Waals surface area contributed by atoms with Gasteiger partial charge in [0.2, 0.25) is 0 Å². The van der Waals surface area contributed by atoms with E-state index in [1.807, 2.05) is 19.3 Å². The summed E-state index contributed by atoms with van der Waals surface area (Å²) in [5.74, 6) is -0.333. The molecule has 8 heteroatoms. The minimum Gasteiger partial charge on any atom is -0.446 e. The standard InChI is InChI=1S/C17H16N6O.K/c1-11(17(24)22-15-5-14(18)8-19-9-15)3-12-4-16(20-6-12)13-7-21-23(2)10-13;/h3-5,7-10,20H,1,18H2,2H3,(H,22,24);/q-2;+1/b11-3+;. The Morgan fingerprint density at radius 2 is 2.20 bits per heavy atom. The summed E-state index contributed by atoms with van der Waals surface area (Å²) in [4.78, 5) is 19.1. The van der Waals surface area contributed by atoms with E-state index in [2.05, 4.69) is 33.5 Å². The number of anilines is 2. The van der Waals surface area contributed by atoms with Gasteiger partial charge in [-0.15, -0.1) is 17.2 Å². The molecule has 25 heavy (non-hydrogen) atoms. The van der Waals surface area contributed by atoms with Gasteiger partial charge in [0.1, 0.15) is 5.91 Å². The zero-order chi connectivity index (χ0) is 17.1. The van der Waals surface area contributed by atoms with Crippen LogP contribution in [0.1, 0.15) is 5.56 Å². The Morgan fingerprint density at radius 1 is 1.40 bits per heavy atom. The molecule has 122 valence electrons. The normalized spacial score (nSPS) is 11.0. The first kappa shape index (κ1) is 19.5. The zero-order valence-electron chi connectivity index (χ0n) is 14.1. The number of aromatic amines is 1. The fourth-order valence-corrected chi connectivity index (χ4v) is 2.15. The number of H-pyrrole nitrogens is 1. The number of carbonyl (C=O) groups excluding carboxylic acids is 1. The van der Waals surface area contributed by atoms with Crippen molar-refractivity contribution in [3.63, 3.8) is 0 Å². The number of amides is 1. The number of nitrogens with zero attached hydrogens (tertiary/aromatic N) is 3. The number of aromatic nitrogens is 4. The van der Waals surface area contributed by atoms with Crippen LogP contribution < -0.4 is 62.4 Å². The molecule has 3 rings (SSSR count). The van der Waals surface area contributed by atoms with Crippen molar-refractivity contribution in [3.05, 3.63) is 61.2 Å². The van der Waals surface area contributed by atoms with E-state index in [1.165, 1.54) is 12.4 Å². The minimum atomic E-state index is -0.333. The van der Waals surface area contributed by atoms with E-state index in [1.54, 1.807) is 23.0 Å². The van der Waals surface area contributed by atoms with Gasteiger partial charge in [-0.1, -0.05) is 11.9 Å². The summed E-state index contributed by atoms with van der Waals surface area (Å²) in [6.07, 6.45) is 11.3. The van der Waals surface area contributed by atoms with Crippen molar-refractivity contribution in [2.45, 2.75) is 0 Å². The second kappa shape index (κ2) is 8.50. The number of aryl methyl sites for hydroxylation is 1. The molecule has 4 N–H and O–H groups in total. The summed E-state index contributed by atoms with van der Waals surface area (Å²) < 4.78 is 1.71.